The van der Waals surface area contributed by atoms with Crippen LogP contribution in [-0.4, -0.2) is 19.4 Å². The molecule has 1 N–H and O–H groups in total. The van der Waals surface area contributed by atoms with E-state index < -0.39 is 10.0 Å². The minimum Gasteiger partial charge on any atom is -0.262 e. The van der Waals surface area contributed by atoms with Crippen molar-refractivity contribution in [3.8, 4) is 0 Å². The molecule has 0 bridgehead atoms. The first-order valence-corrected chi connectivity index (χ1v) is 7.90. The molecule has 1 aromatic heterocycles. The largest absolute Gasteiger partial charge is 0.262 e. The van der Waals surface area contributed by atoms with Crippen LogP contribution in [0.5, 0.6) is 0 Å². The molecule has 4 nitrogen and oxygen atoms in total. The topological polar surface area (TPSA) is 59.1 Å². The van der Waals surface area contributed by atoms with Crippen molar-refractivity contribution in [2.75, 3.05) is 0 Å². The standard InChI is InChI=1S/C11H17BrN2O2S/c1-3-5-10(4-2)14-17(15,16)11-6-9(12)7-13-8-11/h6-8,10,14H,3-5H2,1-2H3. The maximum atomic E-state index is 12.1. The van der Waals surface area contributed by atoms with Crippen LogP contribution in [0.4, 0.5) is 0 Å². The Bertz CT molecular complexity index is 462. The molecule has 1 aromatic rings. The van der Waals surface area contributed by atoms with Crippen LogP contribution in [0.3, 0.4) is 0 Å². The fourth-order valence-corrected chi connectivity index (χ4v) is 3.38. The lowest BCUT2D eigenvalue weighted by molar-refractivity contribution is 0.512. The van der Waals surface area contributed by atoms with E-state index in [0.717, 1.165) is 19.3 Å². The first kappa shape index (κ1) is 14.6. The van der Waals surface area contributed by atoms with Crippen LogP contribution in [0.1, 0.15) is 33.1 Å². The fourth-order valence-electron chi connectivity index (χ4n) is 1.52. The van der Waals surface area contributed by atoms with Gasteiger partial charge in [-0.25, -0.2) is 13.1 Å². The Labute approximate surface area is 111 Å². The van der Waals surface area contributed by atoms with Crippen molar-refractivity contribution < 1.29 is 8.42 Å². The number of hydrogen-bond acceptors (Lipinski definition) is 3. The number of nitrogens with one attached hydrogen (secondary N) is 1. The number of halogens is 1. The average Bonchev–Trinajstić information content (AvgIpc) is 2.28. The van der Waals surface area contributed by atoms with Gasteiger partial charge in [-0.05, 0) is 34.8 Å². The van der Waals surface area contributed by atoms with Crippen molar-refractivity contribution in [3.63, 3.8) is 0 Å². The van der Waals surface area contributed by atoms with Gasteiger partial charge in [0.25, 0.3) is 0 Å². The van der Waals surface area contributed by atoms with Gasteiger partial charge in [-0.15, -0.1) is 0 Å². The Kier molecular flexibility index (Phi) is 5.55. The van der Waals surface area contributed by atoms with E-state index in [2.05, 4.69) is 25.6 Å². The zero-order valence-electron chi connectivity index (χ0n) is 9.98. The van der Waals surface area contributed by atoms with Gasteiger partial charge in [0.2, 0.25) is 10.0 Å². The van der Waals surface area contributed by atoms with Gasteiger partial charge in [-0.1, -0.05) is 20.3 Å². The molecule has 1 unspecified atom stereocenters. The summed E-state index contributed by atoms with van der Waals surface area (Å²) in [6.07, 6.45) is 5.50. The Morgan fingerprint density at radius 2 is 2.12 bits per heavy atom. The van der Waals surface area contributed by atoms with E-state index in [1.54, 1.807) is 12.3 Å². The SMILES string of the molecule is CCCC(CC)NS(=O)(=O)c1cncc(Br)c1. The van der Waals surface area contributed by atoms with Crippen LogP contribution >= 0.6 is 15.9 Å². The Hall–Kier alpha value is -0.460. The summed E-state index contributed by atoms with van der Waals surface area (Å²) in [6, 6.07) is 1.54. The second-order valence-electron chi connectivity index (χ2n) is 3.85. The normalized spacial score (nSPS) is 13.6. The predicted octanol–water partition coefficient (Wildman–Crippen LogP) is 2.70. The average molecular weight is 321 g/mol. The number of sulfonamides is 1. The first-order valence-electron chi connectivity index (χ1n) is 5.62. The van der Waals surface area contributed by atoms with Crippen LogP contribution in [-0.2, 0) is 10.0 Å². The summed E-state index contributed by atoms with van der Waals surface area (Å²) in [7, 11) is -3.46. The second-order valence-corrected chi connectivity index (χ2v) is 6.48. The van der Waals surface area contributed by atoms with Crippen LogP contribution in [0, 0.1) is 0 Å². The monoisotopic (exact) mass is 320 g/mol. The number of rotatable bonds is 6. The number of pyridine rings is 1. The lowest BCUT2D eigenvalue weighted by atomic mass is 10.1. The molecular formula is C11H17BrN2O2S. The van der Waals surface area contributed by atoms with Crippen molar-refractivity contribution in [2.24, 2.45) is 0 Å². The first-order chi connectivity index (χ1) is 7.99. The zero-order valence-corrected chi connectivity index (χ0v) is 12.4. The predicted molar refractivity (Wildman–Crippen MR) is 71.2 cm³/mol. The van der Waals surface area contributed by atoms with Crippen LogP contribution in [0.2, 0.25) is 0 Å². The van der Waals surface area contributed by atoms with Gasteiger partial charge in [0.1, 0.15) is 4.90 Å². The Morgan fingerprint density at radius 3 is 2.65 bits per heavy atom. The molecule has 0 aromatic carbocycles. The molecule has 96 valence electrons. The fraction of sp³-hybridized carbons (Fsp3) is 0.545. The van der Waals surface area contributed by atoms with E-state index in [1.165, 1.54) is 6.20 Å². The summed E-state index contributed by atoms with van der Waals surface area (Å²) in [5.74, 6) is 0. The van der Waals surface area contributed by atoms with E-state index in [0.29, 0.717) is 4.47 Å². The van der Waals surface area contributed by atoms with Crippen molar-refractivity contribution in [1.29, 1.82) is 0 Å². The summed E-state index contributed by atoms with van der Waals surface area (Å²) < 4.78 is 27.5. The van der Waals surface area contributed by atoms with E-state index in [4.69, 9.17) is 0 Å². The third-order valence-electron chi connectivity index (χ3n) is 2.44. The van der Waals surface area contributed by atoms with E-state index >= 15 is 0 Å². The lowest BCUT2D eigenvalue weighted by Crippen LogP contribution is -2.34. The summed E-state index contributed by atoms with van der Waals surface area (Å²) in [6.45, 7) is 4.01. The highest BCUT2D eigenvalue weighted by molar-refractivity contribution is 9.10. The van der Waals surface area contributed by atoms with E-state index in [1.807, 2.05) is 13.8 Å². The van der Waals surface area contributed by atoms with Gasteiger partial charge >= 0.3 is 0 Å². The van der Waals surface area contributed by atoms with E-state index in [-0.39, 0.29) is 10.9 Å². The van der Waals surface area contributed by atoms with Gasteiger partial charge in [0.05, 0.1) is 0 Å². The van der Waals surface area contributed by atoms with Gasteiger partial charge in [-0.2, -0.15) is 0 Å². The molecule has 6 heteroatoms. The molecule has 1 rings (SSSR count). The number of aromatic nitrogens is 1. The highest BCUT2D eigenvalue weighted by Crippen LogP contribution is 2.15. The van der Waals surface area contributed by atoms with Crippen LogP contribution in [0.15, 0.2) is 27.8 Å². The smallest absolute Gasteiger partial charge is 0.242 e. The molecule has 17 heavy (non-hydrogen) atoms. The minimum absolute atomic E-state index is 0.0102. The summed E-state index contributed by atoms with van der Waals surface area (Å²) in [4.78, 5) is 4.06. The molecule has 0 saturated carbocycles. The van der Waals surface area contributed by atoms with Crippen LogP contribution in [0.25, 0.3) is 0 Å². The quantitative estimate of drug-likeness (QED) is 0.876. The molecule has 0 radical (unpaired) electrons. The highest BCUT2D eigenvalue weighted by Gasteiger charge is 2.18. The molecule has 0 saturated heterocycles. The maximum Gasteiger partial charge on any atom is 0.242 e. The third-order valence-corrected chi connectivity index (χ3v) is 4.36. The molecule has 1 heterocycles. The molecule has 1 atom stereocenters. The third kappa shape index (κ3) is 4.37. The highest BCUT2D eigenvalue weighted by atomic mass is 79.9. The van der Waals surface area contributed by atoms with Crippen molar-refractivity contribution in [2.45, 2.75) is 44.0 Å². The molecular weight excluding hydrogens is 304 g/mol. The second kappa shape index (κ2) is 6.47. The van der Waals surface area contributed by atoms with E-state index in [9.17, 15) is 8.42 Å². The van der Waals surface area contributed by atoms with Gasteiger partial charge in [-0.3, -0.25) is 4.98 Å². The zero-order chi connectivity index (χ0) is 12.9. The van der Waals surface area contributed by atoms with Crippen LogP contribution < -0.4 is 4.72 Å². The van der Waals surface area contributed by atoms with Crippen molar-refractivity contribution in [1.82, 2.24) is 9.71 Å². The van der Waals surface area contributed by atoms with Crippen molar-refractivity contribution in [3.05, 3.63) is 22.9 Å². The van der Waals surface area contributed by atoms with Gasteiger partial charge in [0.15, 0.2) is 0 Å². The Morgan fingerprint density at radius 1 is 1.41 bits per heavy atom. The van der Waals surface area contributed by atoms with Crippen molar-refractivity contribution >= 4 is 26.0 Å². The minimum atomic E-state index is -3.46. The molecule has 0 aliphatic heterocycles. The summed E-state index contributed by atoms with van der Waals surface area (Å²) in [5, 5.41) is 0. The van der Waals surface area contributed by atoms with Gasteiger partial charge in [0, 0.05) is 22.9 Å². The summed E-state index contributed by atoms with van der Waals surface area (Å²) in [5.41, 5.74) is 0. The number of nitrogens with zero attached hydrogens (tertiary/aromatic N) is 1. The number of hydrogen-bond donors (Lipinski definition) is 1. The molecule has 0 fully saturated rings. The molecule has 0 amide bonds. The maximum absolute atomic E-state index is 12.1. The lowest BCUT2D eigenvalue weighted by Gasteiger charge is -2.16. The summed E-state index contributed by atoms with van der Waals surface area (Å²) >= 11 is 3.21. The van der Waals surface area contributed by atoms with Gasteiger partial charge < -0.3 is 0 Å². The molecule has 0 aliphatic carbocycles. The molecule has 0 aliphatic rings. The Balaban J connectivity index is 2.88. The molecule has 0 spiro atoms.